The molecule has 2 atom stereocenters. The van der Waals surface area contributed by atoms with Crippen molar-refractivity contribution in [2.45, 2.75) is 33.4 Å². The lowest BCUT2D eigenvalue weighted by atomic mass is 10.2. The van der Waals surface area contributed by atoms with Crippen LogP contribution in [-0.2, 0) is 9.59 Å². The zero-order chi connectivity index (χ0) is 9.02. The second kappa shape index (κ2) is 5.54. The minimum absolute atomic E-state index is 0. The second-order valence-corrected chi connectivity index (χ2v) is 2.27. The van der Waals surface area contributed by atoms with E-state index in [0.29, 0.717) is 0 Å². The van der Waals surface area contributed by atoms with Crippen LogP contribution in [-0.4, -0.2) is 34.2 Å². The number of rotatable bonds is 3. The van der Waals surface area contributed by atoms with E-state index in [9.17, 15) is 9.59 Å². The predicted molar refractivity (Wildman–Crippen MR) is 43.7 cm³/mol. The summed E-state index contributed by atoms with van der Waals surface area (Å²) in [6.45, 7) is 2.67. The highest BCUT2D eigenvalue weighted by atomic mass is 16.4. The topological polar surface area (TPSA) is 86.6 Å². The summed E-state index contributed by atoms with van der Waals surface area (Å²) in [5.74, 6) is -1.70. The molecular formula is C7H15NO4. The predicted octanol–water partition coefficient (Wildman–Crippen LogP) is -0.407. The van der Waals surface area contributed by atoms with Crippen molar-refractivity contribution in [2.24, 2.45) is 0 Å². The Morgan fingerprint density at radius 3 is 2.08 bits per heavy atom. The average molecular weight is 177 g/mol. The van der Waals surface area contributed by atoms with Crippen LogP contribution in [0.5, 0.6) is 0 Å². The van der Waals surface area contributed by atoms with Crippen molar-refractivity contribution >= 4 is 11.9 Å². The first-order chi connectivity index (χ1) is 4.95. The van der Waals surface area contributed by atoms with Gasteiger partial charge < -0.3 is 15.5 Å². The third-order valence-corrected chi connectivity index (χ3v) is 1.16. The van der Waals surface area contributed by atoms with Gasteiger partial charge in [-0.15, -0.1) is 0 Å². The number of hydrogen-bond donors (Lipinski definition) is 3. The Morgan fingerprint density at radius 2 is 1.83 bits per heavy atom. The molecule has 0 heterocycles. The number of amides is 1. The lowest BCUT2D eigenvalue weighted by Crippen LogP contribution is -2.44. The molecule has 0 radical (unpaired) electrons. The lowest BCUT2D eigenvalue weighted by Gasteiger charge is -2.14. The fourth-order valence-electron chi connectivity index (χ4n) is 0.613. The Balaban J connectivity index is 0. The molecule has 0 rings (SSSR count). The average Bonchev–Trinajstić information content (AvgIpc) is 1.84. The summed E-state index contributed by atoms with van der Waals surface area (Å²) in [4.78, 5) is 20.5. The van der Waals surface area contributed by atoms with Crippen molar-refractivity contribution in [3.05, 3.63) is 0 Å². The van der Waals surface area contributed by atoms with Crippen LogP contribution in [0, 0.1) is 0 Å². The summed E-state index contributed by atoms with van der Waals surface area (Å²) in [5.41, 5.74) is 0. The summed E-state index contributed by atoms with van der Waals surface area (Å²) in [7, 11) is 0. The molecule has 5 nitrogen and oxygen atoms in total. The number of carbonyl (C=O) groups excluding carboxylic acids is 1. The molecule has 0 aliphatic carbocycles. The molecule has 0 aromatic heterocycles. The fourth-order valence-corrected chi connectivity index (χ4v) is 0.613. The van der Waals surface area contributed by atoms with E-state index in [1.54, 1.807) is 0 Å². The first-order valence-corrected chi connectivity index (χ1v) is 3.13. The summed E-state index contributed by atoms with van der Waals surface area (Å²) in [5, 5.41) is 19.3. The number of hydrogen-bond acceptors (Lipinski definition) is 3. The molecule has 0 saturated heterocycles. The van der Waals surface area contributed by atoms with Crippen molar-refractivity contribution in [1.29, 1.82) is 0 Å². The molecule has 0 aromatic carbocycles. The molecule has 72 valence electrons. The minimum atomic E-state index is -1.54. The highest BCUT2D eigenvalue weighted by Gasteiger charge is 2.21. The van der Waals surface area contributed by atoms with Crippen molar-refractivity contribution in [1.82, 2.24) is 5.32 Å². The minimum Gasteiger partial charge on any atom is -0.479 e. The quantitative estimate of drug-likeness (QED) is 0.547. The van der Waals surface area contributed by atoms with E-state index in [0.717, 1.165) is 0 Å². The van der Waals surface area contributed by atoms with Crippen LogP contribution in [0.2, 0.25) is 0 Å². The Labute approximate surface area is 71.4 Å². The van der Waals surface area contributed by atoms with E-state index < -0.39 is 18.1 Å². The Bertz CT molecular complexity index is 169. The van der Waals surface area contributed by atoms with Gasteiger partial charge in [0.15, 0.2) is 6.10 Å². The molecule has 0 fully saturated rings. The summed E-state index contributed by atoms with van der Waals surface area (Å²) in [6.07, 6.45) is -1.54. The van der Waals surface area contributed by atoms with Gasteiger partial charge >= 0.3 is 5.97 Å². The van der Waals surface area contributed by atoms with E-state index in [1.165, 1.54) is 13.8 Å². The van der Waals surface area contributed by atoms with Gasteiger partial charge in [0, 0.05) is 6.92 Å². The first kappa shape index (κ1) is 13.5. The van der Waals surface area contributed by atoms with E-state index in [4.69, 9.17) is 10.2 Å². The molecule has 12 heavy (non-hydrogen) atoms. The van der Waals surface area contributed by atoms with Gasteiger partial charge in [-0.1, -0.05) is 7.43 Å². The Hall–Kier alpha value is -1.10. The number of aliphatic hydroxyl groups excluding tert-OH is 1. The Kier molecular flexibility index (Phi) is 6.22. The van der Waals surface area contributed by atoms with Crippen LogP contribution < -0.4 is 5.32 Å². The maximum absolute atomic E-state index is 10.4. The Morgan fingerprint density at radius 1 is 1.42 bits per heavy atom. The van der Waals surface area contributed by atoms with Crippen LogP contribution in [0.25, 0.3) is 0 Å². The zero-order valence-corrected chi connectivity index (χ0v) is 6.37. The molecule has 0 aromatic rings. The van der Waals surface area contributed by atoms with Crippen molar-refractivity contribution in [2.75, 3.05) is 0 Å². The maximum Gasteiger partial charge on any atom is 0.334 e. The molecule has 3 N–H and O–H groups in total. The van der Waals surface area contributed by atoms with Gasteiger partial charge in [-0.3, -0.25) is 4.79 Å². The SMILES string of the molecule is C.CC(=O)N[C@@H](C)[C@@H](O)C(=O)O. The summed E-state index contributed by atoms with van der Waals surface area (Å²) in [6, 6.07) is -0.759. The molecule has 0 aliphatic rings. The second-order valence-electron chi connectivity index (χ2n) is 2.27. The number of aliphatic hydroxyl groups is 1. The fraction of sp³-hybridized carbons (Fsp3) is 0.714. The van der Waals surface area contributed by atoms with Gasteiger partial charge in [0.2, 0.25) is 5.91 Å². The van der Waals surface area contributed by atoms with Crippen molar-refractivity contribution in [3.8, 4) is 0 Å². The lowest BCUT2D eigenvalue weighted by molar-refractivity contribution is -0.148. The van der Waals surface area contributed by atoms with Gasteiger partial charge in [-0.25, -0.2) is 4.79 Å². The van der Waals surface area contributed by atoms with E-state index >= 15 is 0 Å². The van der Waals surface area contributed by atoms with Crippen LogP contribution in [0.1, 0.15) is 21.3 Å². The zero-order valence-electron chi connectivity index (χ0n) is 6.37. The number of nitrogens with one attached hydrogen (secondary N) is 1. The molecular weight excluding hydrogens is 162 g/mol. The number of aliphatic carboxylic acids is 1. The molecule has 5 heteroatoms. The summed E-state index contributed by atoms with van der Waals surface area (Å²) < 4.78 is 0. The molecule has 0 unspecified atom stereocenters. The van der Waals surface area contributed by atoms with Crippen LogP contribution in [0.3, 0.4) is 0 Å². The van der Waals surface area contributed by atoms with Crippen LogP contribution >= 0.6 is 0 Å². The van der Waals surface area contributed by atoms with Gasteiger partial charge in [0.05, 0.1) is 6.04 Å². The van der Waals surface area contributed by atoms with Crippen molar-refractivity contribution < 1.29 is 19.8 Å². The molecule has 0 bridgehead atoms. The van der Waals surface area contributed by atoms with E-state index in [-0.39, 0.29) is 13.3 Å². The molecule has 1 amide bonds. The number of carboxylic acids is 1. The normalized spacial score (nSPS) is 13.9. The van der Waals surface area contributed by atoms with Gasteiger partial charge in [0.1, 0.15) is 0 Å². The summed E-state index contributed by atoms with van der Waals surface area (Å²) >= 11 is 0. The highest BCUT2D eigenvalue weighted by molar-refractivity contribution is 5.76. The standard InChI is InChI=1S/C6H11NO4.CH4/c1-3(7-4(2)8)5(9)6(10)11;/h3,5,9H,1-2H3,(H,7,8)(H,10,11);1H4/t3-,5+;/m0./s1. The smallest absolute Gasteiger partial charge is 0.334 e. The van der Waals surface area contributed by atoms with E-state index in [2.05, 4.69) is 5.32 Å². The largest absolute Gasteiger partial charge is 0.479 e. The number of carbonyl (C=O) groups is 2. The number of carboxylic acid groups (broad SMARTS) is 1. The van der Waals surface area contributed by atoms with Crippen LogP contribution in [0.15, 0.2) is 0 Å². The van der Waals surface area contributed by atoms with Crippen molar-refractivity contribution in [3.63, 3.8) is 0 Å². The van der Waals surface area contributed by atoms with Gasteiger partial charge in [0.25, 0.3) is 0 Å². The maximum atomic E-state index is 10.4. The first-order valence-electron chi connectivity index (χ1n) is 3.13. The molecule has 0 saturated carbocycles. The third-order valence-electron chi connectivity index (χ3n) is 1.16. The van der Waals surface area contributed by atoms with E-state index in [1.807, 2.05) is 0 Å². The molecule has 0 spiro atoms. The van der Waals surface area contributed by atoms with Crippen LogP contribution in [0.4, 0.5) is 0 Å². The molecule has 0 aliphatic heterocycles. The third kappa shape index (κ3) is 4.68. The van der Waals surface area contributed by atoms with Gasteiger partial charge in [-0.05, 0) is 6.92 Å². The monoisotopic (exact) mass is 177 g/mol. The van der Waals surface area contributed by atoms with Gasteiger partial charge in [-0.2, -0.15) is 0 Å². The highest BCUT2D eigenvalue weighted by Crippen LogP contribution is 1.91.